The molecule has 3 heterocycles. The highest BCUT2D eigenvalue weighted by atomic mass is 19.1. The lowest BCUT2D eigenvalue weighted by atomic mass is 9.79. The summed E-state index contributed by atoms with van der Waals surface area (Å²) in [5.41, 5.74) is 6.89. The van der Waals surface area contributed by atoms with Crippen molar-refractivity contribution in [1.29, 1.82) is 0 Å². The Morgan fingerprint density at radius 2 is 1.70 bits per heavy atom. The molecule has 27 heavy (non-hydrogen) atoms. The zero-order chi connectivity index (χ0) is 18.6. The number of rotatable bonds is 5. The van der Waals surface area contributed by atoms with Crippen molar-refractivity contribution in [1.82, 2.24) is 26.0 Å². The molecule has 4 rings (SSSR count). The van der Waals surface area contributed by atoms with Gasteiger partial charge in [0.15, 0.2) is 0 Å². The Kier molecular flexibility index (Phi) is 7.00. The molecule has 4 fully saturated rings. The van der Waals surface area contributed by atoms with Crippen molar-refractivity contribution in [3.63, 3.8) is 0 Å². The maximum absolute atomic E-state index is 13.5. The maximum atomic E-state index is 13.5. The highest BCUT2D eigenvalue weighted by molar-refractivity contribution is 4.92. The first kappa shape index (κ1) is 20.0. The number of hydrogen-bond donors (Lipinski definition) is 4. The second-order valence-electron chi connectivity index (χ2n) is 9.21. The zero-order valence-corrected chi connectivity index (χ0v) is 16.6. The molecule has 3 saturated heterocycles. The van der Waals surface area contributed by atoms with Crippen LogP contribution >= 0.6 is 0 Å². The summed E-state index contributed by atoms with van der Waals surface area (Å²) in [5.74, 6) is 1.70. The molecular weight excluding hydrogens is 345 g/mol. The van der Waals surface area contributed by atoms with Crippen LogP contribution < -0.4 is 16.2 Å². The van der Waals surface area contributed by atoms with E-state index in [1.807, 2.05) is 0 Å². The fourth-order valence-electron chi connectivity index (χ4n) is 5.63. The Bertz CT molecular complexity index is 446. The van der Waals surface area contributed by atoms with E-state index in [2.05, 4.69) is 26.0 Å². The molecule has 4 atom stereocenters. The molecule has 4 aliphatic rings. The van der Waals surface area contributed by atoms with E-state index in [0.717, 1.165) is 84.3 Å². The van der Waals surface area contributed by atoms with Crippen molar-refractivity contribution in [3.8, 4) is 0 Å². The number of aliphatic hydroxyl groups excluding tert-OH is 1. The molecule has 0 bridgehead atoms. The van der Waals surface area contributed by atoms with Crippen molar-refractivity contribution in [2.24, 2.45) is 17.8 Å². The largest absolute Gasteiger partial charge is 0.396 e. The van der Waals surface area contributed by atoms with Gasteiger partial charge in [-0.3, -0.25) is 15.8 Å². The lowest BCUT2D eigenvalue weighted by molar-refractivity contribution is 0.0446. The van der Waals surface area contributed by atoms with Gasteiger partial charge in [0.05, 0.1) is 6.17 Å². The summed E-state index contributed by atoms with van der Waals surface area (Å²) in [6.45, 7) is 7.99. The Labute approximate surface area is 163 Å². The van der Waals surface area contributed by atoms with E-state index >= 15 is 0 Å². The van der Waals surface area contributed by atoms with Crippen molar-refractivity contribution in [2.75, 3.05) is 52.4 Å². The summed E-state index contributed by atoms with van der Waals surface area (Å²) in [4.78, 5) is 5.22. The van der Waals surface area contributed by atoms with Crippen LogP contribution in [0, 0.1) is 17.8 Å². The quantitative estimate of drug-likeness (QED) is 0.556. The molecule has 4 unspecified atom stereocenters. The number of nitrogens with zero attached hydrogens (tertiary/aromatic N) is 2. The molecule has 7 heteroatoms. The van der Waals surface area contributed by atoms with Gasteiger partial charge in [0.25, 0.3) is 0 Å². The predicted molar refractivity (Wildman–Crippen MR) is 105 cm³/mol. The van der Waals surface area contributed by atoms with Gasteiger partial charge < -0.3 is 15.3 Å². The third-order valence-corrected chi connectivity index (χ3v) is 7.44. The summed E-state index contributed by atoms with van der Waals surface area (Å²) in [7, 11) is 0. The van der Waals surface area contributed by atoms with E-state index in [-0.39, 0.29) is 0 Å². The van der Waals surface area contributed by atoms with Gasteiger partial charge >= 0.3 is 0 Å². The van der Waals surface area contributed by atoms with Crippen LogP contribution in [0.5, 0.6) is 0 Å². The SMILES string of the molecule is OCC1CCC(N2CCN(CC3CNNC3C3CCC(F)CC3)CC2)NC1. The standard InChI is InChI=1S/C20H38FN5O/c21-18-4-2-16(3-5-18)20-17(12-23-24-20)13-25-7-9-26(10-8-25)19-6-1-15(14-27)11-22-19/h15-20,22-24,27H,1-14H2. The number of alkyl halides is 1. The number of nitrogens with one attached hydrogen (secondary N) is 3. The first-order chi connectivity index (χ1) is 13.2. The van der Waals surface area contributed by atoms with Crippen LogP contribution in [-0.4, -0.2) is 85.7 Å². The molecule has 4 N–H and O–H groups in total. The molecule has 156 valence electrons. The molecule has 1 saturated carbocycles. The van der Waals surface area contributed by atoms with Crippen LogP contribution in [0.2, 0.25) is 0 Å². The van der Waals surface area contributed by atoms with Crippen LogP contribution in [-0.2, 0) is 0 Å². The molecule has 0 aromatic heterocycles. The van der Waals surface area contributed by atoms with Gasteiger partial charge in [0.1, 0.15) is 6.17 Å². The summed E-state index contributed by atoms with van der Waals surface area (Å²) in [6.07, 6.45) is 5.79. The molecule has 0 amide bonds. The van der Waals surface area contributed by atoms with Gasteiger partial charge in [-0.2, -0.15) is 0 Å². The fourth-order valence-corrected chi connectivity index (χ4v) is 5.63. The minimum Gasteiger partial charge on any atom is -0.396 e. The van der Waals surface area contributed by atoms with Crippen LogP contribution in [0.1, 0.15) is 38.5 Å². The smallest absolute Gasteiger partial charge is 0.100 e. The number of hydrazine groups is 1. The van der Waals surface area contributed by atoms with Crippen LogP contribution in [0.4, 0.5) is 4.39 Å². The van der Waals surface area contributed by atoms with E-state index < -0.39 is 6.17 Å². The second kappa shape index (κ2) is 9.46. The molecular formula is C20H38FN5O. The number of piperazine rings is 1. The minimum atomic E-state index is -0.566. The van der Waals surface area contributed by atoms with E-state index in [1.54, 1.807) is 0 Å². The molecule has 3 aliphatic heterocycles. The van der Waals surface area contributed by atoms with Gasteiger partial charge in [-0.25, -0.2) is 4.39 Å². The van der Waals surface area contributed by atoms with Gasteiger partial charge in [-0.15, -0.1) is 0 Å². The van der Waals surface area contributed by atoms with Crippen LogP contribution in [0.25, 0.3) is 0 Å². The fraction of sp³-hybridized carbons (Fsp3) is 1.00. The Morgan fingerprint density at radius 3 is 2.37 bits per heavy atom. The average molecular weight is 384 g/mol. The molecule has 0 aromatic carbocycles. The number of aliphatic hydroxyl groups is 1. The van der Waals surface area contributed by atoms with Crippen LogP contribution in [0.15, 0.2) is 0 Å². The van der Waals surface area contributed by atoms with E-state index in [4.69, 9.17) is 0 Å². The monoisotopic (exact) mass is 383 g/mol. The second-order valence-corrected chi connectivity index (χ2v) is 9.21. The van der Waals surface area contributed by atoms with Gasteiger partial charge in [0, 0.05) is 64.4 Å². The topological polar surface area (TPSA) is 62.8 Å². The van der Waals surface area contributed by atoms with Crippen molar-refractivity contribution < 1.29 is 9.50 Å². The predicted octanol–water partition coefficient (Wildman–Crippen LogP) is 0.543. The molecule has 1 aliphatic carbocycles. The molecule has 0 radical (unpaired) electrons. The summed E-state index contributed by atoms with van der Waals surface area (Å²) in [5, 5.41) is 12.9. The Hall–Kier alpha value is -0.310. The summed E-state index contributed by atoms with van der Waals surface area (Å²) < 4.78 is 13.5. The number of piperidine rings is 1. The molecule has 0 spiro atoms. The average Bonchev–Trinajstić information content (AvgIpc) is 3.17. The third kappa shape index (κ3) is 5.00. The number of hydrogen-bond acceptors (Lipinski definition) is 6. The maximum Gasteiger partial charge on any atom is 0.100 e. The first-order valence-corrected chi connectivity index (χ1v) is 11.2. The van der Waals surface area contributed by atoms with Gasteiger partial charge in [0.2, 0.25) is 0 Å². The van der Waals surface area contributed by atoms with E-state index in [0.29, 0.717) is 36.6 Å². The summed E-state index contributed by atoms with van der Waals surface area (Å²) >= 11 is 0. The lowest BCUT2D eigenvalue weighted by Crippen LogP contribution is -2.58. The van der Waals surface area contributed by atoms with E-state index in [1.165, 1.54) is 0 Å². The third-order valence-electron chi connectivity index (χ3n) is 7.44. The normalized spacial score (nSPS) is 42.4. The lowest BCUT2D eigenvalue weighted by Gasteiger charge is -2.43. The molecule has 6 nitrogen and oxygen atoms in total. The van der Waals surface area contributed by atoms with Crippen molar-refractivity contribution in [2.45, 2.75) is 56.9 Å². The highest BCUT2D eigenvalue weighted by Gasteiger charge is 2.37. The zero-order valence-electron chi connectivity index (χ0n) is 16.6. The van der Waals surface area contributed by atoms with Gasteiger partial charge in [-0.1, -0.05) is 0 Å². The van der Waals surface area contributed by atoms with Crippen molar-refractivity contribution >= 4 is 0 Å². The number of halogens is 1. The van der Waals surface area contributed by atoms with E-state index in [9.17, 15) is 9.50 Å². The first-order valence-electron chi connectivity index (χ1n) is 11.2. The molecule has 0 aromatic rings. The highest BCUT2D eigenvalue weighted by Crippen LogP contribution is 2.32. The minimum absolute atomic E-state index is 0.311. The van der Waals surface area contributed by atoms with Crippen LogP contribution in [0.3, 0.4) is 0 Å². The van der Waals surface area contributed by atoms with Crippen molar-refractivity contribution in [3.05, 3.63) is 0 Å². The Morgan fingerprint density at radius 1 is 0.926 bits per heavy atom. The van der Waals surface area contributed by atoms with Gasteiger partial charge in [-0.05, 0) is 50.4 Å². The summed E-state index contributed by atoms with van der Waals surface area (Å²) in [6, 6.07) is 0.506. The Balaban J connectivity index is 1.21.